The van der Waals surface area contributed by atoms with Crippen LogP contribution in [0, 0.1) is 0 Å². The van der Waals surface area contributed by atoms with Gasteiger partial charge in [-0.05, 0) is 44.2 Å². The fourth-order valence-corrected chi connectivity index (χ4v) is 2.07. The number of urea groups is 1. The van der Waals surface area contributed by atoms with Gasteiger partial charge in [0.1, 0.15) is 0 Å². The summed E-state index contributed by atoms with van der Waals surface area (Å²) in [6.07, 6.45) is 1.73. The van der Waals surface area contributed by atoms with Gasteiger partial charge in [0.05, 0.1) is 11.7 Å². The first-order valence-corrected chi connectivity index (χ1v) is 6.82. The Hall–Kier alpha value is -2.01. The Kier molecular flexibility index (Phi) is 4.63. The average Bonchev–Trinajstić information content (AvgIpc) is 2.89. The van der Waals surface area contributed by atoms with Gasteiger partial charge in [0.2, 0.25) is 0 Å². The van der Waals surface area contributed by atoms with Gasteiger partial charge < -0.3 is 10.6 Å². The highest BCUT2D eigenvalue weighted by Gasteiger charge is 2.13. The Labute approximate surface area is 122 Å². The fraction of sp³-hybridized carbons (Fsp3) is 0.286. The number of halogens is 1. The summed E-state index contributed by atoms with van der Waals surface area (Å²) in [6, 6.07) is 8.48. The normalized spacial score (nSPS) is 11.9. The first-order valence-electron chi connectivity index (χ1n) is 6.45. The van der Waals surface area contributed by atoms with Crippen LogP contribution >= 0.6 is 11.6 Å². The maximum Gasteiger partial charge on any atom is 0.319 e. The van der Waals surface area contributed by atoms with Crippen molar-refractivity contribution in [3.63, 3.8) is 0 Å². The van der Waals surface area contributed by atoms with Gasteiger partial charge in [-0.25, -0.2) is 4.79 Å². The molecule has 1 atom stereocenters. The van der Waals surface area contributed by atoms with Crippen molar-refractivity contribution in [1.29, 1.82) is 0 Å². The largest absolute Gasteiger partial charge is 0.330 e. The maximum absolute atomic E-state index is 11.9. The molecule has 1 aromatic heterocycles. The van der Waals surface area contributed by atoms with E-state index in [-0.39, 0.29) is 12.1 Å². The van der Waals surface area contributed by atoms with Crippen LogP contribution in [-0.2, 0) is 6.54 Å². The number of carbonyl (C=O) groups is 1. The summed E-state index contributed by atoms with van der Waals surface area (Å²) < 4.78 is 1.85. The van der Waals surface area contributed by atoms with Crippen molar-refractivity contribution in [3.05, 3.63) is 47.2 Å². The van der Waals surface area contributed by atoms with Gasteiger partial charge in [-0.3, -0.25) is 4.68 Å². The van der Waals surface area contributed by atoms with Crippen molar-refractivity contribution in [1.82, 2.24) is 15.1 Å². The predicted octanol–water partition coefficient (Wildman–Crippen LogP) is 3.44. The van der Waals surface area contributed by atoms with E-state index in [0.717, 1.165) is 12.2 Å². The molecule has 0 fully saturated rings. The van der Waals surface area contributed by atoms with Crippen molar-refractivity contribution < 1.29 is 4.79 Å². The fourth-order valence-electron chi connectivity index (χ4n) is 1.95. The number of rotatable bonds is 4. The van der Waals surface area contributed by atoms with E-state index in [1.165, 1.54) is 0 Å². The van der Waals surface area contributed by atoms with E-state index in [9.17, 15) is 4.79 Å². The van der Waals surface area contributed by atoms with Crippen molar-refractivity contribution >= 4 is 23.3 Å². The smallest absolute Gasteiger partial charge is 0.319 e. The quantitative estimate of drug-likeness (QED) is 0.907. The molecule has 20 heavy (non-hydrogen) atoms. The zero-order valence-electron chi connectivity index (χ0n) is 11.4. The van der Waals surface area contributed by atoms with E-state index >= 15 is 0 Å². The van der Waals surface area contributed by atoms with Crippen LogP contribution < -0.4 is 10.6 Å². The van der Waals surface area contributed by atoms with E-state index in [4.69, 9.17) is 11.6 Å². The Balaban J connectivity index is 1.96. The van der Waals surface area contributed by atoms with Crippen LogP contribution in [0.2, 0.25) is 5.02 Å². The lowest BCUT2D eigenvalue weighted by Gasteiger charge is -2.16. The lowest BCUT2D eigenvalue weighted by molar-refractivity contribution is 0.249. The number of carbonyl (C=O) groups excluding carboxylic acids is 1. The topological polar surface area (TPSA) is 59.0 Å². The zero-order chi connectivity index (χ0) is 14.5. The minimum Gasteiger partial charge on any atom is -0.330 e. The Morgan fingerprint density at radius 2 is 2.05 bits per heavy atom. The summed E-state index contributed by atoms with van der Waals surface area (Å²) in [5, 5.41) is 10.5. The molecule has 0 aliphatic carbocycles. The molecule has 0 saturated heterocycles. The predicted molar refractivity (Wildman–Crippen MR) is 79.9 cm³/mol. The molecule has 0 radical (unpaired) electrons. The number of anilines is 1. The van der Waals surface area contributed by atoms with Crippen LogP contribution in [0.5, 0.6) is 0 Å². The Bertz CT molecular complexity index is 579. The molecule has 0 aliphatic rings. The van der Waals surface area contributed by atoms with Crippen LogP contribution in [0.25, 0.3) is 0 Å². The molecule has 0 bridgehead atoms. The van der Waals surface area contributed by atoms with Crippen molar-refractivity contribution in [3.8, 4) is 0 Å². The van der Waals surface area contributed by atoms with Crippen LogP contribution in [-0.4, -0.2) is 15.8 Å². The maximum atomic E-state index is 11.9. The van der Waals surface area contributed by atoms with Crippen molar-refractivity contribution in [2.45, 2.75) is 26.4 Å². The second kappa shape index (κ2) is 6.43. The highest BCUT2D eigenvalue weighted by Crippen LogP contribution is 2.15. The summed E-state index contributed by atoms with van der Waals surface area (Å²) in [5.41, 5.74) is 1.67. The van der Waals surface area contributed by atoms with Crippen LogP contribution in [0.3, 0.4) is 0 Å². The molecule has 1 heterocycles. The molecule has 1 unspecified atom stereocenters. The van der Waals surface area contributed by atoms with Gasteiger partial charge in [-0.1, -0.05) is 11.6 Å². The van der Waals surface area contributed by atoms with Gasteiger partial charge in [0.15, 0.2) is 0 Å². The Morgan fingerprint density at radius 3 is 2.70 bits per heavy atom. The molecule has 0 spiro atoms. The van der Waals surface area contributed by atoms with E-state index in [1.807, 2.05) is 24.6 Å². The lowest BCUT2D eigenvalue weighted by Crippen LogP contribution is -2.32. The van der Waals surface area contributed by atoms with Crippen LogP contribution in [0.4, 0.5) is 10.5 Å². The van der Waals surface area contributed by atoms with Gasteiger partial charge in [-0.2, -0.15) is 5.10 Å². The third-order valence-electron chi connectivity index (χ3n) is 2.94. The van der Waals surface area contributed by atoms with Crippen molar-refractivity contribution in [2.24, 2.45) is 0 Å². The molecular weight excluding hydrogens is 276 g/mol. The summed E-state index contributed by atoms with van der Waals surface area (Å²) in [4.78, 5) is 11.9. The van der Waals surface area contributed by atoms with E-state index in [1.54, 1.807) is 30.5 Å². The van der Waals surface area contributed by atoms with Gasteiger partial charge in [0, 0.05) is 23.5 Å². The number of nitrogens with zero attached hydrogens (tertiary/aromatic N) is 2. The van der Waals surface area contributed by atoms with Gasteiger partial charge >= 0.3 is 6.03 Å². The molecule has 2 rings (SSSR count). The third kappa shape index (κ3) is 3.51. The minimum absolute atomic E-state index is 0.121. The summed E-state index contributed by atoms with van der Waals surface area (Å²) in [7, 11) is 0. The molecule has 1 aromatic carbocycles. The molecule has 0 saturated carbocycles. The molecule has 5 nitrogen and oxygen atoms in total. The van der Waals surface area contributed by atoms with Crippen LogP contribution in [0.1, 0.15) is 25.6 Å². The van der Waals surface area contributed by atoms with Crippen molar-refractivity contribution in [2.75, 3.05) is 5.32 Å². The number of benzene rings is 1. The SMILES string of the molecule is CCn1nccc1C(C)NC(=O)Nc1ccc(Cl)cc1. The van der Waals surface area contributed by atoms with Gasteiger partial charge in [0.25, 0.3) is 0 Å². The molecule has 2 amide bonds. The summed E-state index contributed by atoms with van der Waals surface area (Å²) >= 11 is 5.80. The highest BCUT2D eigenvalue weighted by atomic mass is 35.5. The molecule has 2 N–H and O–H groups in total. The first-order chi connectivity index (χ1) is 9.60. The lowest BCUT2D eigenvalue weighted by atomic mass is 10.2. The average molecular weight is 293 g/mol. The summed E-state index contributed by atoms with van der Waals surface area (Å²) in [6.45, 7) is 4.70. The molecule has 6 heteroatoms. The zero-order valence-corrected chi connectivity index (χ0v) is 12.2. The molecule has 106 valence electrons. The number of nitrogens with one attached hydrogen (secondary N) is 2. The molecular formula is C14H17ClN4O. The minimum atomic E-state index is -0.260. The van der Waals surface area contributed by atoms with E-state index < -0.39 is 0 Å². The van der Waals surface area contributed by atoms with E-state index in [0.29, 0.717) is 10.7 Å². The monoisotopic (exact) mass is 292 g/mol. The number of aryl methyl sites for hydroxylation is 1. The number of aromatic nitrogens is 2. The number of amides is 2. The molecule has 2 aromatic rings. The first kappa shape index (κ1) is 14.4. The van der Waals surface area contributed by atoms with E-state index in [2.05, 4.69) is 15.7 Å². The highest BCUT2D eigenvalue weighted by molar-refractivity contribution is 6.30. The second-order valence-corrected chi connectivity index (χ2v) is 4.84. The van der Waals surface area contributed by atoms with Gasteiger partial charge in [-0.15, -0.1) is 0 Å². The van der Waals surface area contributed by atoms with Crippen LogP contribution in [0.15, 0.2) is 36.5 Å². The standard InChI is InChI=1S/C14H17ClN4O/c1-3-19-13(8-9-16-19)10(2)17-14(20)18-12-6-4-11(15)5-7-12/h4-10H,3H2,1-2H3,(H2,17,18,20). The summed E-state index contributed by atoms with van der Waals surface area (Å²) in [5.74, 6) is 0. The number of hydrogen-bond acceptors (Lipinski definition) is 2. The second-order valence-electron chi connectivity index (χ2n) is 4.40. The Morgan fingerprint density at radius 1 is 1.35 bits per heavy atom. The molecule has 0 aliphatic heterocycles. The number of hydrogen-bond donors (Lipinski definition) is 2. The third-order valence-corrected chi connectivity index (χ3v) is 3.19.